The first-order chi connectivity index (χ1) is 13.5. The minimum atomic E-state index is 0.0704. The van der Waals surface area contributed by atoms with Gasteiger partial charge in [0.25, 0.3) is 0 Å². The van der Waals surface area contributed by atoms with Gasteiger partial charge in [0, 0.05) is 12.1 Å². The second-order valence-electron chi connectivity index (χ2n) is 7.12. The summed E-state index contributed by atoms with van der Waals surface area (Å²) in [6.45, 7) is 2.78. The average Bonchev–Trinajstić information content (AvgIpc) is 3.15. The number of hydrogen-bond acceptors (Lipinski definition) is 5. The Hall–Kier alpha value is -2.93. The summed E-state index contributed by atoms with van der Waals surface area (Å²) in [5, 5.41) is 12.5. The lowest BCUT2D eigenvalue weighted by Crippen LogP contribution is -3.06. The first kappa shape index (κ1) is 19.8. The van der Waals surface area contributed by atoms with Gasteiger partial charge in [0.1, 0.15) is 0 Å². The van der Waals surface area contributed by atoms with E-state index >= 15 is 0 Å². The quantitative estimate of drug-likeness (QED) is 0.639. The van der Waals surface area contributed by atoms with Crippen LogP contribution in [-0.4, -0.2) is 48.5 Å². The summed E-state index contributed by atoms with van der Waals surface area (Å²) >= 11 is 0. The van der Waals surface area contributed by atoms with E-state index in [2.05, 4.69) is 60.8 Å². The monoisotopic (exact) mass is 382 g/mol. The highest BCUT2D eigenvalue weighted by Crippen LogP contribution is 2.28. The molecule has 1 heterocycles. The topological polar surface area (TPSA) is 66.5 Å². The van der Waals surface area contributed by atoms with Crippen LogP contribution in [-0.2, 0) is 13.0 Å². The van der Waals surface area contributed by atoms with E-state index < -0.39 is 0 Å². The van der Waals surface area contributed by atoms with Crippen molar-refractivity contribution in [1.82, 2.24) is 20.2 Å². The summed E-state index contributed by atoms with van der Waals surface area (Å²) in [6, 6.07) is 14.6. The van der Waals surface area contributed by atoms with Crippen LogP contribution in [0.5, 0.6) is 11.5 Å². The van der Waals surface area contributed by atoms with Crippen LogP contribution in [0.2, 0.25) is 0 Å². The second-order valence-corrected chi connectivity index (χ2v) is 7.12. The molecule has 28 heavy (non-hydrogen) atoms. The Morgan fingerprint density at radius 3 is 2.36 bits per heavy atom. The highest BCUT2D eigenvalue weighted by atomic mass is 16.5. The minimum absolute atomic E-state index is 0.0704. The third kappa shape index (κ3) is 4.31. The van der Waals surface area contributed by atoms with E-state index in [0.717, 1.165) is 29.3 Å². The fourth-order valence-corrected chi connectivity index (χ4v) is 3.35. The Labute approximate surface area is 165 Å². The van der Waals surface area contributed by atoms with Gasteiger partial charge < -0.3 is 14.4 Å². The zero-order valence-corrected chi connectivity index (χ0v) is 17.1. The zero-order chi connectivity index (χ0) is 20.1. The van der Waals surface area contributed by atoms with Gasteiger partial charge in [0.05, 0.1) is 28.3 Å². The van der Waals surface area contributed by atoms with Gasteiger partial charge in [0.2, 0.25) is 5.82 Å². The van der Waals surface area contributed by atoms with Crippen molar-refractivity contribution in [3.05, 3.63) is 65.0 Å². The summed E-state index contributed by atoms with van der Waals surface area (Å²) in [6.07, 6.45) is 0.793. The van der Waals surface area contributed by atoms with Crippen molar-refractivity contribution < 1.29 is 14.4 Å². The van der Waals surface area contributed by atoms with Crippen LogP contribution in [0.15, 0.2) is 42.5 Å². The van der Waals surface area contributed by atoms with Gasteiger partial charge in [-0.15, -0.1) is 5.10 Å². The number of nitrogens with one attached hydrogen (secondary N) is 1. The maximum atomic E-state index is 5.40. The van der Waals surface area contributed by atoms with Gasteiger partial charge in [0.15, 0.2) is 17.5 Å². The summed E-state index contributed by atoms with van der Waals surface area (Å²) in [7, 11) is 7.53. The van der Waals surface area contributed by atoms with E-state index in [9.17, 15) is 0 Å². The van der Waals surface area contributed by atoms with Crippen LogP contribution >= 0.6 is 0 Å². The van der Waals surface area contributed by atoms with Crippen molar-refractivity contribution in [2.45, 2.75) is 25.9 Å². The molecule has 0 amide bonds. The largest absolute Gasteiger partial charge is 0.493 e. The minimum Gasteiger partial charge on any atom is -0.493 e. The Morgan fingerprint density at radius 2 is 1.71 bits per heavy atom. The number of methoxy groups -OCH3 is 2. The fourth-order valence-electron chi connectivity index (χ4n) is 3.35. The third-order valence-corrected chi connectivity index (χ3v) is 4.87. The van der Waals surface area contributed by atoms with Crippen LogP contribution in [0.4, 0.5) is 0 Å². The van der Waals surface area contributed by atoms with Gasteiger partial charge in [-0.1, -0.05) is 35.9 Å². The van der Waals surface area contributed by atoms with Crippen LogP contribution in [0.1, 0.15) is 28.6 Å². The predicted molar refractivity (Wildman–Crippen MR) is 107 cm³/mol. The molecule has 1 atom stereocenters. The molecule has 0 radical (unpaired) electrons. The summed E-state index contributed by atoms with van der Waals surface area (Å²) in [5.74, 6) is 2.32. The van der Waals surface area contributed by atoms with Crippen molar-refractivity contribution in [3.8, 4) is 11.5 Å². The molecular weight excluding hydrogens is 354 g/mol. The number of nitrogens with zero attached hydrogens (tertiary/aromatic N) is 4. The lowest BCUT2D eigenvalue weighted by atomic mass is 10.0. The van der Waals surface area contributed by atoms with Crippen LogP contribution < -0.4 is 14.4 Å². The van der Waals surface area contributed by atoms with Crippen LogP contribution in [0, 0.1) is 6.92 Å². The maximum absolute atomic E-state index is 5.40. The van der Waals surface area contributed by atoms with Gasteiger partial charge in [-0.05, 0) is 41.5 Å². The fraction of sp³-hybridized carbons (Fsp3) is 0.381. The summed E-state index contributed by atoms with van der Waals surface area (Å²) in [4.78, 5) is 1.26. The smallest absolute Gasteiger partial charge is 0.214 e. The Bertz CT molecular complexity index is 905. The van der Waals surface area contributed by atoms with E-state index in [4.69, 9.17) is 9.47 Å². The predicted octanol–water partition coefficient (Wildman–Crippen LogP) is 1.48. The average molecular weight is 382 g/mol. The molecule has 0 aliphatic heterocycles. The highest BCUT2D eigenvalue weighted by Gasteiger charge is 2.26. The van der Waals surface area contributed by atoms with Gasteiger partial charge in [-0.3, -0.25) is 0 Å². The lowest BCUT2D eigenvalue weighted by Gasteiger charge is -2.21. The number of hydrogen-bond donors (Lipinski definition) is 1. The number of tetrazole rings is 1. The molecule has 3 aromatic rings. The molecule has 0 saturated heterocycles. The Morgan fingerprint density at radius 1 is 1.00 bits per heavy atom. The maximum Gasteiger partial charge on any atom is 0.214 e. The van der Waals surface area contributed by atoms with Crippen LogP contribution in [0.3, 0.4) is 0 Å². The molecule has 0 aliphatic rings. The van der Waals surface area contributed by atoms with E-state index in [1.807, 2.05) is 22.9 Å². The van der Waals surface area contributed by atoms with Crippen molar-refractivity contribution >= 4 is 0 Å². The Kier molecular flexibility index (Phi) is 6.26. The molecule has 0 saturated carbocycles. The van der Waals surface area contributed by atoms with E-state index in [1.54, 1.807) is 14.2 Å². The molecule has 1 N–H and O–H groups in total. The van der Waals surface area contributed by atoms with Crippen molar-refractivity contribution in [2.24, 2.45) is 0 Å². The highest BCUT2D eigenvalue weighted by molar-refractivity contribution is 5.42. The first-order valence-corrected chi connectivity index (χ1v) is 9.37. The molecule has 2 aromatic carbocycles. The SMILES string of the molecule is COc1ccc(CCn2nnnc2[C@H](c2ccc(C)cc2)[NH+](C)C)cc1OC. The number of aromatic nitrogens is 4. The van der Waals surface area contributed by atoms with Crippen molar-refractivity contribution in [3.63, 3.8) is 0 Å². The number of aryl methyl sites for hydroxylation is 3. The zero-order valence-electron chi connectivity index (χ0n) is 17.1. The normalized spacial score (nSPS) is 12.2. The summed E-state index contributed by atoms with van der Waals surface area (Å²) < 4.78 is 12.6. The standard InChI is InChI=1S/C21H27N5O2/c1-15-6-9-17(10-7-15)20(25(2)3)21-22-23-24-26(21)13-12-16-8-11-18(27-4)19(14-16)28-5/h6-11,14,20H,12-13H2,1-5H3/p+1/t20-/m0/s1. The van der Waals surface area contributed by atoms with Crippen molar-refractivity contribution in [1.29, 1.82) is 0 Å². The Balaban J connectivity index is 1.82. The molecule has 0 aliphatic carbocycles. The molecule has 7 nitrogen and oxygen atoms in total. The number of ether oxygens (including phenoxy) is 2. The lowest BCUT2D eigenvalue weighted by molar-refractivity contribution is -0.886. The third-order valence-electron chi connectivity index (χ3n) is 4.87. The van der Waals surface area contributed by atoms with Gasteiger partial charge >= 0.3 is 0 Å². The summed E-state index contributed by atoms with van der Waals surface area (Å²) in [5.41, 5.74) is 3.58. The molecule has 0 unspecified atom stereocenters. The molecule has 0 spiro atoms. The molecule has 0 fully saturated rings. The second kappa shape index (κ2) is 8.84. The van der Waals surface area contributed by atoms with E-state index in [0.29, 0.717) is 6.54 Å². The first-order valence-electron chi connectivity index (χ1n) is 9.37. The van der Waals surface area contributed by atoms with Gasteiger partial charge in [-0.2, -0.15) is 0 Å². The molecule has 1 aromatic heterocycles. The molecule has 7 heteroatoms. The number of rotatable bonds is 8. The number of quaternary nitrogens is 1. The molecule has 148 valence electrons. The molecule has 3 rings (SSSR count). The van der Waals surface area contributed by atoms with E-state index in [-0.39, 0.29) is 6.04 Å². The van der Waals surface area contributed by atoms with Crippen molar-refractivity contribution in [2.75, 3.05) is 28.3 Å². The van der Waals surface area contributed by atoms with E-state index in [1.165, 1.54) is 16.0 Å². The molecular formula is C21H28N5O2+. The van der Waals surface area contributed by atoms with Crippen LogP contribution in [0.25, 0.3) is 0 Å². The number of benzene rings is 2. The molecule has 0 bridgehead atoms. The van der Waals surface area contributed by atoms with Gasteiger partial charge in [-0.25, -0.2) is 4.68 Å².